The normalized spacial score (nSPS) is 22.5. The minimum atomic E-state index is -1.13. The molecular formula is C27H29N3O3. The Hall–Kier alpha value is -3.12. The summed E-state index contributed by atoms with van der Waals surface area (Å²) in [6.07, 6.45) is 6.10. The Morgan fingerprint density at radius 2 is 1.73 bits per heavy atom. The highest BCUT2D eigenvalue weighted by Gasteiger charge is 2.39. The van der Waals surface area contributed by atoms with Crippen molar-refractivity contribution in [3.05, 3.63) is 75.6 Å². The molecule has 2 unspecified atom stereocenters. The quantitative estimate of drug-likeness (QED) is 0.654. The number of carbonyl (C=O) groups is 1. The first-order valence-electron chi connectivity index (χ1n) is 12.1. The summed E-state index contributed by atoms with van der Waals surface area (Å²) >= 11 is 0. The molecule has 0 spiro atoms. The zero-order chi connectivity index (χ0) is 22.5. The molecule has 1 aliphatic carbocycles. The van der Waals surface area contributed by atoms with Crippen LogP contribution in [0.4, 0.5) is 5.69 Å². The summed E-state index contributed by atoms with van der Waals surface area (Å²) < 4.78 is 2.13. The van der Waals surface area contributed by atoms with Crippen LogP contribution in [0.5, 0.6) is 0 Å². The number of pyridine rings is 1. The molecule has 2 atom stereocenters. The van der Waals surface area contributed by atoms with Gasteiger partial charge in [-0.05, 0) is 30.5 Å². The van der Waals surface area contributed by atoms with Crippen molar-refractivity contribution >= 4 is 22.6 Å². The van der Waals surface area contributed by atoms with Crippen LogP contribution < -0.4 is 10.3 Å². The summed E-state index contributed by atoms with van der Waals surface area (Å²) in [6, 6.07) is 14.8. The fourth-order valence-electron chi connectivity index (χ4n) is 6.29. The second-order valence-electron chi connectivity index (χ2n) is 9.69. The molecule has 1 N–H and O–H groups in total. The lowest BCUT2D eigenvalue weighted by Gasteiger charge is -2.38. The number of carboxylic acid groups (broad SMARTS) is 1. The predicted octanol–water partition coefficient (Wildman–Crippen LogP) is 4.23. The monoisotopic (exact) mass is 443 g/mol. The van der Waals surface area contributed by atoms with E-state index >= 15 is 0 Å². The third kappa shape index (κ3) is 3.35. The van der Waals surface area contributed by atoms with Crippen LogP contribution in [0, 0.1) is 0 Å². The SMILES string of the molecule is O=C(O)c1cn2c3c(c(N4CCN(Cc5ccccc5)CC4)ccc3c1=O)C1CCCCC12. The maximum Gasteiger partial charge on any atom is 0.341 e. The van der Waals surface area contributed by atoms with Crippen molar-refractivity contribution in [3.8, 4) is 0 Å². The average molecular weight is 444 g/mol. The summed E-state index contributed by atoms with van der Waals surface area (Å²) in [5.74, 6) is -0.770. The number of rotatable bonds is 4. The fraction of sp³-hybridized carbons (Fsp3) is 0.407. The zero-order valence-corrected chi connectivity index (χ0v) is 18.7. The first-order chi connectivity index (χ1) is 16.1. The van der Waals surface area contributed by atoms with Crippen LogP contribution in [0.15, 0.2) is 53.5 Å². The average Bonchev–Trinajstić information content (AvgIpc) is 3.17. The molecule has 170 valence electrons. The zero-order valence-electron chi connectivity index (χ0n) is 18.7. The molecule has 33 heavy (non-hydrogen) atoms. The van der Waals surface area contributed by atoms with Crippen LogP contribution in [0.25, 0.3) is 10.9 Å². The Bertz CT molecular complexity index is 1280. The van der Waals surface area contributed by atoms with E-state index in [9.17, 15) is 14.7 Å². The summed E-state index contributed by atoms with van der Waals surface area (Å²) in [6.45, 7) is 4.90. The predicted molar refractivity (Wildman–Crippen MR) is 129 cm³/mol. The number of anilines is 1. The van der Waals surface area contributed by atoms with Gasteiger partial charge in [0.15, 0.2) is 0 Å². The number of fused-ring (bicyclic) bond motifs is 3. The minimum Gasteiger partial charge on any atom is -0.477 e. The van der Waals surface area contributed by atoms with E-state index < -0.39 is 5.97 Å². The van der Waals surface area contributed by atoms with E-state index in [1.807, 2.05) is 6.07 Å². The molecule has 1 saturated carbocycles. The van der Waals surface area contributed by atoms with Crippen LogP contribution >= 0.6 is 0 Å². The number of piperazine rings is 1. The van der Waals surface area contributed by atoms with Gasteiger partial charge < -0.3 is 14.6 Å². The number of aromatic nitrogens is 1. The number of carboxylic acids is 1. The summed E-state index contributed by atoms with van der Waals surface area (Å²) in [7, 11) is 0. The molecule has 2 aliphatic heterocycles. The van der Waals surface area contributed by atoms with Gasteiger partial charge in [-0.15, -0.1) is 0 Å². The smallest absolute Gasteiger partial charge is 0.341 e. The van der Waals surface area contributed by atoms with Crippen LogP contribution in [-0.4, -0.2) is 46.7 Å². The van der Waals surface area contributed by atoms with Crippen molar-refractivity contribution in [3.63, 3.8) is 0 Å². The van der Waals surface area contributed by atoms with Gasteiger partial charge in [-0.3, -0.25) is 9.69 Å². The van der Waals surface area contributed by atoms with E-state index in [1.54, 1.807) is 6.20 Å². The van der Waals surface area contributed by atoms with Crippen LogP contribution in [-0.2, 0) is 6.54 Å². The molecule has 6 heteroatoms. The van der Waals surface area contributed by atoms with Gasteiger partial charge in [0.25, 0.3) is 0 Å². The van der Waals surface area contributed by atoms with E-state index in [2.05, 4.69) is 50.8 Å². The Morgan fingerprint density at radius 1 is 0.970 bits per heavy atom. The van der Waals surface area contributed by atoms with E-state index in [0.29, 0.717) is 11.3 Å². The lowest BCUT2D eigenvalue weighted by atomic mass is 9.81. The van der Waals surface area contributed by atoms with Gasteiger partial charge >= 0.3 is 5.97 Å². The van der Waals surface area contributed by atoms with Crippen molar-refractivity contribution in [2.24, 2.45) is 0 Å². The third-order valence-electron chi connectivity index (χ3n) is 7.86. The summed E-state index contributed by atoms with van der Waals surface area (Å²) in [5.41, 5.74) is 4.38. The highest BCUT2D eigenvalue weighted by molar-refractivity contribution is 5.96. The van der Waals surface area contributed by atoms with Crippen molar-refractivity contribution < 1.29 is 9.90 Å². The molecule has 0 radical (unpaired) electrons. The van der Waals surface area contributed by atoms with Gasteiger partial charge in [0.2, 0.25) is 5.43 Å². The molecule has 3 heterocycles. The van der Waals surface area contributed by atoms with E-state index in [1.165, 1.54) is 23.2 Å². The molecule has 1 aromatic heterocycles. The van der Waals surface area contributed by atoms with Crippen molar-refractivity contribution in [2.75, 3.05) is 31.1 Å². The van der Waals surface area contributed by atoms with E-state index in [-0.39, 0.29) is 17.0 Å². The minimum absolute atomic E-state index is 0.109. The second kappa shape index (κ2) is 8.03. The third-order valence-corrected chi connectivity index (χ3v) is 7.86. The summed E-state index contributed by atoms with van der Waals surface area (Å²) in [5, 5.41) is 10.2. The highest BCUT2D eigenvalue weighted by Crippen LogP contribution is 2.52. The van der Waals surface area contributed by atoms with Gasteiger partial charge in [-0.2, -0.15) is 0 Å². The van der Waals surface area contributed by atoms with Crippen LogP contribution in [0.3, 0.4) is 0 Å². The maximum atomic E-state index is 13.0. The Balaban J connectivity index is 1.36. The van der Waals surface area contributed by atoms with Crippen molar-refractivity contribution in [2.45, 2.75) is 44.2 Å². The Morgan fingerprint density at radius 3 is 2.48 bits per heavy atom. The molecule has 6 rings (SSSR count). The first kappa shape index (κ1) is 20.5. The van der Waals surface area contributed by atoms with Crippen LogP contribution in [0.1, 0.15) is 59.1 Å². The van der Waals surface area contributed by atoms with Gasteiger partial charge in [0.1, 0.15) is 5.56 Å². The van der Waals surface area contributed by atoms with E-state index in [0.717, 1.165) is 57.5 Å². The molecule has 3 aromatic rings. The lowest BCUT2D eigenvalue weighted by molar-refractivity contribution is 0.0694. The molecule has 0 bridgehead atoms. The molecule has 0 amide bonds. The van der Waals surface area contributed by atoms with Gasteiger partial charge in [0.05, 0.1) is 5.52 Å². The van der Waals surface area contributed by atoms with Crippen LogP contribution in [0.2, 0.25) is 0 Å². The Kier molecular flexibility index (Phi) is 4.98. The first-order valence-corrected chi connectivity index (χ1v) is 12.1. The Labute approximate surface area is 193 Å². The number of hydrogen-bond donors (Lipinski definition) is 1. The molecule has 6 nitrogen and oxygen atoms in total. The molecule has 1 saturated heterocycles. The second-order valence-corrected chi connectivity index (χ2v) is 9.69. The molecule has 2 fully saturated rings. The largest absolute Gasteiger partial charge is 0.477 e. The summed E-state index contributed by atoms with van der Waals surface area (Å²) in [4.78, 5) is 29.7. The van der Waals surface area contributed by atoms with E-state index in [4.69, 9.17) is 0 Å². The van der Waals surface area contributed by atoms with Gasteiger partial charge in [-0.25, -0.2) is 4.79 Å². The van der Waals surface area contributed by atoms with Crippen molar-refractivity contribution in [1.29, 1.82) is 0 Å². The number of benzene rings is 2. The highest BCUT2D eigenvalue weighted by atomic mass is 16.4. The fourth-order valence-corrected chi connectivity index (χ4v) is 6.29. The van der Waals surface area contributed by atoms with Gasteiger partial charge in [0, 0.05) is 67.5 Å². The lowest BCUT2D eigenvalue weighted by Crippen LogP contribution is -2.46. The molecule has 3 aliphatic rings. The van der Waals surface area contributed by atoms with Gasteiger partial charge in [-0.1, -0.05) is 43.2 Å². The number of aromatic carboxylic acids is 1. The standard InChI is InChI=1S/C27H29N3O3/c31-26-20-10-11-23(29-14-12-28(13-15-29)16-18-6-2-1-3-7-18)24-19-8-4-5-9-22(19)30(25(20)24)17-21(26)27(32)33/h1-3,6-7,10-11,17,19,22H,4-5,8-9,12-16H2,(H,32,33). The maximum absolute atomic E-state index is 13.0. The topological polar surface area (TPSA) is 65.8 Å². The van der Waals surface area contributed by atoms with Crippen molar-refractivity contribution in [1.82, 2.24) is 9.47 Å². The number of nitrogens with zero attached hydrogens (tertiary/aromatic N) is 3. The molecule has 2 aromatic carbocycles. The number of hydrogen-bond acceptors (Lipinski definition) is 4. The molecular weight excluding hydrogens is 414 g/mol.